The zero-order valence-electron chi connectivity index (χ0n) is 14.5. The summed E-state index contributed by atoms with van der Waals surface area (Å²) in [5.74, 6) is 0.0351. The second-order valence-corrected chi connectivity index (χ2v) is 6.84. The summed E-state index contributed by atoms with van der Waals surface area (Å²) in [7, 11) is 0. The molecule has 1 amide bonds. The number of rotatable bonds is 5. The highest BCUT2D eigenvalue weighted by atomic mass is 35.5. The molecule has 1 saturated heterocycles. The smallest absolute Gasteiger partial charge is 0.272 e. The second kappa shape index (κ2) is 8.34. The molecule has 1 aliphatic heterocycles. The number of piperidine rings is 1. The molecule has 25 heavy (non-hydrogen) atoms. The number of pyridine rings is 1. The lowest BCUT2D eigenvalue weighted by molar-refractivity contribution is 0.0602. The summed E-state index contributed by atoms with van der Waals surface area (Å²) in [5.41, 5.74) is 2.41. The van der Waals surface area contributed by atoms with Crippen LogP contribution in [0.1, 0.15) is 48.7 Å². The molecule has 132 valence electrons. The first-order chi connectivity index (χ1) is 12.2. The molecule has 2 aromatic rings. The van der Waals surface area contributed by atoms with Crippen LogP contribution in [-0.2, 0) is 6.54 Å². The van der Waals surface area contributed by atoms with Crippen LogP contribution < -0.4 is 5.32 Å². The van der Waals surface area contributed by atoms with E-state index in [1.165, 1.54) is 6.42 Å². The van der Waals surface area contributed by atoms with Crippen LogP contribution in [0.2, 0.25) is 5.02 Å². The zero-order valence-corrected chi connectivity index (χ0v) is 15.3. The normalized spacial score (nSPS) is 17.4. The maximum absolute atomic E-state index is 12.9. The molecule has 2 heterocycles. The van der Waals surface area contributed by atoms with Crippen molar-refractivity contribution in [1.29, 1.82) is 0 Å². The van der Waals surface area contributed by atoms with Gasteiger partial charge < -0.3 is 10.2 Å². The summed E-state index contributed by atoms with van der Waals surface area (Å²) >= 11 is 6.19. The third-order valence-electron chi connectivity index (χ3n) is 4.78. The van der Waals surface area contributed by atoms with Crippen molar-refractivity contribution >= 4 is 23.2 Å². The number of hydrogen-bond donors (Lipinski definition) is 1. The second-order valence-electron chi connectivity index (χ2n) is 6.43. The average molecular weight is 358 g/mol. The number of carbonyl (C=O) groups is 1. The molecule has 5 heteroatoms. The summed E-state index contributed by atoms with van der Waals surface area (Å²) in [6, 6.07) is 11.8. The molecular formula is C20H24ClN3O. The quantitative estimate of drug-likeness (QED) is 0.839. The van der Waals surface area contributed by atoms with Gasteiger partial charge in [-0.3, -0.25) is 9.78 Å². The van der Waals surface area contributed by atoms with Crippen molar-refractivity contribution in [3.05, 3.63) is 58.9 Å². The van der Waals surface area contributed by atoms with Crippen LogP contribution in [0.15, 0.2) is 42.6 Å². The molecule has 1 atom stereocenters. The van der Waals surface area contributed by atoms with Gasteiger partial charge in [0, 0.05) is 36.0 Å². The van der Waals surface area contributed by atoms with E-state index < -0.39 is 0 Å². The van der Waals surface area contributed by atoms with E-state index in [0.717, 1.165) is 42.1 Å². The van der Waals surface area contributed by atoms with Gasteiger partial charge in [-0.25, -0.2) is 0 Å². The number of carbonyl (C=O) groups excluding carboxylic acids is 1. The van der Waals surface area contributed by atoms with Gasteiger partial charge >= 0.3 is 0 Å². The van der Waals surface area contributed by atoms with Crippen molar-refractivity contribution in [1.82, 2.24) is 9.88 Å². The molecule has 0 radical (unpaired) electrons. The first-order valence-electron chi connectivity index (χ1n) is 8.93. The molecular weight excluding hydrogens is 334 g/mol. The predicted octanol–water partition coefficient (Wildman–Crippen LogP) is 4.75. The highest BCUT2D eigenvalue weighted by Gasteiger charge is 2.26. The first-order valence-corrected chi connectivity index (χ1v) is 9.31. The third-order valence-corrected chi connectivity index (χ3v) is 5.15. The number of aromatic nitrogens is 1. The molecule has 0 aliphatic carbocycles. The SMILES string of the molecule is CCC1CCCCN1C(=O)c1cc(NCc2ccccc2Cl)ccn1. The topological polar surface area (TPSA) is 45.2 Å². The standard InChI is InChI=1S/C20H24ClN3O/c1-2-17-8-5-6-12-24(17)20(25)19-13-16(10-11-22-19)23-14-15-7-3-4-9-18(15)21/h3-4,7,9-11,13,17H,2,5-6,8,12,14H2,1H3,(H,22,23). The molecule has 1 N–H and O–H groups in total. The fourth-order valence-corrected chi connectivity index (χ4v) is 3.54. The summed E-state index contributed by atoms with van der Waals surface area (Å²) in [4.78, 5) is 19.2. The van der Waals surface area contributed by atoms with Gasteiger partial charge in [0.2, 0.25) is 0 Å². The van der Waals surface area contributed by atoms with Gasteiger partial charge in [-0.15, -0.1) is 0 Å². The molecule has 1 fully saturated rings. The van der Waals surface area contributed by atoms with Crippen molar-refractivity contribution in [2.75, 3.05) is 11.9 Å². The number of amides is 1. The molecule has 0 saturated carbocycles. The minimum atomic E-state index is 0.0351. The van der Waals surface area contributed by atoms with Gasteiger partial charge in [0.15, 0.2) is 0 Å². The summed E-state index contributed by atoms with van der Waals surface area (Å²) in [6.45, 7) is 3.58. The van der Waals surface area contributed by atoms with E-state index in [0.29, 0.717) is 18.3 Å². The van der Waals surface area contributed by atoms with E-state index in [1.807, 2.05) is 41.3 Å². The minimum absolute atomic E-state index is 0.0351. The number of nitrogens with one attached hydrogen (secondary N) is 1. The maximum Gasteiger partial charge on any atom is 0.272 e. The molecule has 0 bridgehead atoms. The summed E-state index contributed by atoms with van der Waals surface area (Å²) in [6.07, 6.45) is 6.05. The lowest BCUT2D eigenvalue weighted by Crippen LogP contribution is -2.43. The predicted molar refractivity (Wildman–Crippen MR) is 102 cm³/mol. The van der Waals surface area contributed by atoms with Crippen LogP contribution >= 0.6 is 11.6 Å². The van der Waals surface area contributed by atoms with Crippen LogP contribution in [-0.4, -0.2) is 28.4 Å². The number of hydrogen-bond acceptors (Lipinski definition) is 3. The van der Waals surface area contributed by atoms with Gasteiger partial charge in [-0.1, -0.05) is 36.7 Å². The minimum Gasteiger partial charge on any atom is -0.381 e. The lowest BCUT2D eigenvalue weighted by atomic mass is 9.99. The molecule has 3 rings (SSSR count). The lowest BCUT2D eigenvalue weighted by Gasteiger charge is -2.35. The Hall–Kier alpha value is -2.07. The highest BCUT2D eigenvalue weighted by molar-refractivity contribution is 6.31. The largest absolute Gasteiger partial charge is 0.381 e. The van der Waals surface area contributed by atoms with Crippen molar-refractivity contribution in [3.63, 3.8) is 0 Å². The van der Waals surface area contributed by atoms with Crippen molar-refractivity contribution in [2.24, 2.45) is 0 Å². The molecule has 1 aromatic carbocycles. The number of nitrogens with zero attached hydrogens (tertiary/aromatic N) is 2. The Morgan fingerprint density at radius 3 is 2.96 bits per heavy atom. The van der Waals surface area contributed by atoms with Crippen LogP contribution in [0.25, 0.3) is 0 Å². The van der Waals surface area contributed by atoms with Gasteiger partial charge in [0.1, 0.15) is 5.69 Å². The van der Waals surface area contributed by atoms with Crippen LogP contribution in [0.5, 0.6) is 0 Å². The van der Waals surface area contributed by atoms with Crippen LogP contribution in [0, 0.1) is 0 Å². The van der Waals surface area contributed by atoms with Gasteiger partial charge in [-0.05, 0) is 49.4 Å². The molecule has 0 spiro atoms. The Morgan fingerprint density at radius 1 is 1.32 bits per heavy atom. The Kier molecular flexibility index (Phi) is 5.92. The Morgan fingerprint density at radius 2 is 2.16 bits per heavy atom. The average Bonchev–Trinajstić information content (AvgIpc) is 2.67. The van der Waals surface area contributed by atoms with Crippen molar-refractivity contribution in [3.8, 4) is 0 Å². The molecule has 1 aromatic heterocycles. The van der Waals surface area contributed by atoms with E-state index in [9.17, 15) is 4.79 Å². The van der Waals surface area contributed by atoms with Gasteiger partial charge in [-0.2, -0.15) is 0 Å². The van der Waals surface area contributed by atoms with E-state index in [1.54, 1.807) is 6.20 Å². The Bertz CT molecular complexity index is 734. The fraction of sp³-hybridized carbons (Fsp3) is 0.400. The van der Waals surface area contributed by atoms with E-state index >= 15 is 0 Å². The van der Waals surface area contributed by atoms with Gasteiger partial charge in [0.05, 0.1) is 0 Å². The third kappa shape index (κ3) is 4.31. The molecule has 1 aliphatic rings. The number of halogens is 1. The molecule has 4 nitrogen and oxygen atoms in total. The van der Waals surface area contributed by atoms with Crippen molar-refractivity contribution in [2.45, 2.75) is 45.2 Å². The van der Waals surface area contributed by atoms with Gasteiger partial charge in [0.25, 0.3) is 5.91 Å². The zero-order chi connectivity index (χ0) is 17.6. The molecule has 1 unspecified atom stereocenters. The van der Waals surface area contributed by atoms with Crippen molar-refractivity contribution < 1.29 is 4.79 Å². The Balaban J connectivity index is 1.70. The number of anilines is 1. The van der Waals surface area contributed by atoms with Crippen LogP contribution in [0.3, 0.4) is 0 Å². The Labute approximate surface area is 154 Å². The fourth-order valence-electron chi connectivity index (χ4n) is 3.34. The van der Waals surface area contributed by atoms with E-state index in [-0.39, 0.29) is 5.91 Å². The maximum atomic E-state index is 12.9. The monoisotopic (exact) mass is 357 g/mol. The number of likely N-dealkylation sites (tertiary alicyclic amines) is 1. The van der Waals surface area contributed by atoms with E-state index in [4.69, 9.17) is 11.6 Å². The van der Waals surface area contributed by atoms with Crippen LogP contribution in [0.4, 0.5) is 5.69 Å². The highest BCUT2D eigenvalue weighted by Crippen LogP contribution is 2.22. The van der Waals surface area contributed by atoms with E-state index in [2.05, 4.69) is 17.2 Å². The summed E-state index contributed by atoms with van der Waals surface area (Å²) < 4.78 is 0. The number of benzene rings is 1. The first kappa shape index (κ1) is 17.7. The summed E-state index contributed by atoms with van der Waals surface area (Å²) in [5, 5.41) is 4.07.